The number of halogens is 1. The summed E-state index contributed by atoms with van der Waals surface area (Å²) in [4.78, 5) is 14.9. The number of amides is 1. The van der Waals surface area contributed by atoms with Gasteiger partial charge in [0, 0.05) is 5.56 Å². The quantitative estimate of drug-likeness (QED) is 0.695. The smallest absolute Gasteiger partial charge is 0.279 e. The second kappa shape index (κ2) is 8.04. The summed E-state index contributed by atoms with van der Waals surface area (Å²) >= 11 is 0. The monoisotopic (exact) mass is 329 g/mol. The molecule has 5 heteroatoms. The number of para-hydroxylation sites is 1. The first-order valence-corrected chi connectivity index (χ1v) is 8.46. The Morgan fingerprint density at radius 3 is 2.25 bits per heavy atom. The molecule has 1 fully saturated rings. The molecule has 0 bridgehead atoms. The fraction of sp³-hybridized carbons (Fsp3) is 0.316. The Morgan fingerprint density at radius 1 is 0.917 bits per heavy atom. The lowest BCUT2D eigenvalue weighted by Gasteiger charge is -2.29. The van der Waals surface area contributed by atoms with Gasteiger partial charge in [0.1, 0.15) is 38.5 Å². The van der Waals surface area contributed by atoms with Crippen LogP contribution in [0.2, 0.25) is 0 Å². The van der Waals surface area contributed by atoms with Crippen molar-refractivity contribution in [2.24, 2.45) is 0 Å². The summed E-state index contributed by atoms with van der Waals surface area (Å²) in [6.07, 6.45) is 0. The standard InChI is InChI=1S/C19H22FN3O/c20-17-8-4-5-9-18(17)21-19(24)15-23-12-10-22(11-13-23)14-16-6-2-1-3-7-16/h1-9H,10-15H2,(H,21,24)/p+2. The van der Waals surface area contributed by atoms with Gasteiger partial charge < -0.3 is 15.1 Å². The Morgan fingerprint density at radius 2 is 1.54 bits per heavy atom. The van der Waals surface area contributed by atoms with Crippen molar-refractivity contribution in [3.63, 3.8) is 0 Å². The van der Waals surface area contributed by atoms with Crippen LogP contribution >= 0.6 is 0 Å². The van der Waals surface area contributed by atoms with Crippen LogP contribution in [0.1, 0.15) is 5.56 Å². The Labute approximate surface area is 141 Å². The minimum absolute atomic E-state index is 0.124. The number of benzene rings is 2. The molecule has 126 valence electrons. The van der Waals surface area contributed by atoms with Gasteiger partial charge in [-0.15, -0.1) is 0 Å². The van der Waals surface area contributed by atoms with Gasteiger partial charge in [-0.2, -0.15) is 0 Å². The van der Waals surface area contributed by atoms with Crippen molar-refractivity contribution in [3.05, 3.63) is 66.0 Å². The maximum atomic E-state index is 13.6. The van der Waals surface area contributed by atoms with Crippen LogP contribution < -0.4 is 15.1 Å². The topological polar surface area (TPSA) is 38.0 Å². The van der Waals surface area contributed by atoms with E-state index in [1.165, 1.54) is 16.5 Å². The number of rotatable bonds is 5. The molecule has 3 N–H and O–H groups in total. The van der Waals surface area contributed by atoms with Crippen molar-refractivity contribution in [3.8, 4) is 0 Å². The van der Waals surface area contributed by atoms with E-state index in [1.54, 1.807) is 23.1 Å². The molecule has 1 aliphatic heterocycles. The molecule has 3 rings (SSSR count). The molecule has 24 heavy (non-hydrogen) atoms. The van der Waals surface area contributed by atoms with Crippen LogP contribution in [-0.2, 0) is 11.3 Å². The molecule has 1 heterocycles. The summed E-state index contributed by atoms with van der Waals surface area (Å²) in [6.45, 7) is 5.47. The average Bonchev–Trinajstić information content (AvgIpc) is 2.60. The van der Waals surface area contributed by atoms with E-state index in [1.807, 2.05) is 6.07 Å². The maximum Gasteiger partial charge on any atom is 0.279 e. The van der Waals surface area contributed by atoms with Crippen LogP contribution in [0.5, 0.6) is 0 Å². The first-order chi connectivity index (χ1) is 11.7. The molecule has 0 unspecified atom stereocenters. The number of quaternary nitrogens is 2. The molecule has 4 nitrogen and oxygen atoms in total. The fourth-order valence-corrected chi connectivity index (χ4v) is 3.18. The minimum atomic E-state index is -0.391. The van der Waals surface area contributed by atoms with Crippen molar-refractivity contribution < 1.29 is 19.0 Å². The molecule has 1 aliphatic rings. The second-order valence-corrected chi connectivity index (χ2v) is 6.37. The summed E-state index contributed by atoms with van der Waals surface area (Å²) < 4.78 is 13.6. The van der Waals surface area contributed by atoms with E-state index < -0.39 is 5.82 Å². The zero-order valence-corrected chi connectivity index (χ0v) is 13.7. The molecule has 0 atom stereocenters. The van der Waals surface area contributed by atoms with E-state index in [4.69, 9.17) is 0 Å². The lowest BCUT2D eigenvalue weighted by atomic mass is 10.2. The van der Waals surface area contributed by atoms with Crippen LogP contribution in [0.4, 0.5) is 10.1 Å². The Bertz CT molecular complexity index is 669. The Kier molecular flexibility index (Phi) is 5.56. The van der Waals surface area contributed by atoms with Crippen LogP contribution in [0.25, 0.3) is 0 Å². The molecule has 2 aromatic rings. The molecular weight excluding hydrogens is 305 g/mol. The number of piperazine rings is 1. The van der Waals surface area contributed by atoms with Gasteiger partial charge in [0.25, 0.3) is 5.91 Å². The number of hydrogen-bond acceptors (Lipinski definition) is 1. The van der Waals surface area contributed by atoms with Crippen LogP contribution in [0.3, 0.4) is 0 Å². The highest BCUT2D eigenvalue weighted by atomic mass is 19.1. The summed E-state index contributed by atoms with van der Waals surface area (Å²) in [5.41, 5.74) is 1.61. The predicted molar refractivity (Wildman–Crippen MR) is 91.4 cm³/mol. The van der Waals surface area contributed by atoms with Crippen LogP contribution in [0.15, 0.2) is 54.6 Å². The van der Waals surface area contributed by atoms with E-state index in [-0.39, 0.29) is 11.6 Å². The number of anilines is 1. The first kappa shape index (κ1) is 16.6. The van der Waals surface area contributed by atoms with E-state index in [9.17, 15) is 9.18 Å². The number of carbonyl (C=O) groups excluding carboxylic acids is 1. The van der Waals surface area contributed by atoms with Gasteiger partial charge in [-0.1, -0.05) is 42.5 Å². The molecule has 0 saturated carbocycles. The molecule has 0 aliphatic carbocycles. The SMILES string of the molecule is O=C(C[NH+]1CC[NH+](Cc2ccccc2)CC1)Nc1ccccc1F. The van der Waals surface area contributed by atoms with E-state index in [2.05, 4.69) is 29.6 Å². The highest BCUT2D eigenvalue weighted by molar-refractivity contribution is 5.91. The van der Waals surface area contributed by atoms with Gasteiger partial charge in [-0.05, 0) is 12.1 Å². The highest BCUT2D eigenvalue weighted by Crippen LogP contribution is 2.11. The van der Waals surface area contributed by atoms with E-state index >= 15 is 0 Å². The van der Waals surface area contributed by atoms with E-state index in [0.29, 0.717) is 6.54 Å². The lowest BCUT2D eigenvalue weighted by molar-refractivity contribution is -1.02. The van der Waals surface area contributed by atoms with Gasteiger partial charge in [0.15, 0.2) is 6.54 Å². The summed E-state index contributed by atoms with van der Waals surface area (Å²) in [5, 5.41) is 2.67. The van der Waals surface area contributed by atoms with Crippen molar-refractivity contribution >= 4 is 11.6 Å². The molecule has 0 spiro atoms. The van der Waals surface area contributed by atoms with Crippen LogP contribution in [0, 0.1) is 5.82 Å². The predicted octanol–water partition coefficient (Wildman–Crippen LogP) is -0.252. The van der Waals surface area contributed by atoms with Crippen molar-refractivity contribution in [2.75, 3.05) is 38.0 Å². The zero-order chi connectivity index (χ0) is 16.8. The Hall–Kier alpha value is -2.24. The molecule has 2 aromatic carbocycles. The van der Waals surface area contributed by atoms with Gasteiger partial charge in [-0.3, -0.25) is 4.79 Å². The minimum Gasteiger partial charge on any atom is -0.322 e. The van der Waals surface area contributed by atoms with Crippen LogP contribution in [-0.4, -0.2) is 38.6 Å². The summed E-state index contributed by atoms with van der Waals surface area (Å²) in [6, 6.07) is 16.8. The third kappa shape index (κ3) is 4.63. The van der Waals surface area contributed by atoms with Gasteiger partial charge in [0.2, 0.25) is 0 Å². The number of nitrogens with one attached hydrogen (secondary N) is 3. The molecular formula is C19H24FN3O+2. The summed E-state index contributed by atoms with van der Waals surface area (Å²) in [5.74, 6) is -0.514. The largest absolute Gasteiger partial charge is 0.322 e. The first-order valence-electron chi connectivity index (χ1n) is 8.46. The molecule has 0 aromatic heterocycles. The third-order valence-corrected chi connectivity index (χ3v) is 4.52. The Balaban J connectivity index is 1.43. The molecule has 1 saturated heterocycles. The highest BCUT2D eigenvalue weighted by Gasteiger charge is 2.25. The number of hydrogen-bond donors (Lipinski definition) is 3. The number of carbonyl (C=O) groups is 1. The van der Waals surface area contributed by atoms with Gasteiger partial charge in [0.05, 0.1) is 5.69 Å². The average molecular weight is 329 g/mol. The summed E-state index contributed by atoms with van der Waals surface area (Å²) in [7, 11) is 0. The fourth-order valence-electron chi connectivity index (χ4n) is 3.18. The molecule has 0 radical (unpaired) electrons. The van der Waals surface area contributed by atoms with Crippen molar-refractivity contribution in [2.45, 2.75) is 6.54 Å². The van der Waals surface area contributed by atoms with Gasteiger partial charge >= 0.3 is 0 Å². The lowest BCUT2D eigenvalue weighted by Crippen LogP contribution is -3.28. The van der Waals surface area contributed by atoms with E-state index in [0.717, 1.165) is 32.7 Å². The molecule has 1 amide bonds. The van der Waals surface area contributed by atoms with Crippen molar-refractivity contribution in [1.82, 2.24) is 0 Å². The maximum absolute atomic E-state index is 13.6. The zero-order valence-electron chi connectivity index (χ0n) is 13.7. The third-order valence-electron chi connectivity index (χ3n) is 4.52. The second-order valence-electron chi connectivity index (χ2n) is 6.37. The van der Waals surface area contributed by atoms with Crippen molar-refractivity contribution in [1.29, 1.82) is 0 Å². The van der Waals surface area contributed by atoms with Gasteiger partial charge in [-0.25, -0.2) is 4.39 Å². The normalized spacial score (nSPS) is 20.5.